The lowest BCUT2D eigenvalue weighted by atomic mass is 9.79. The summed E-state index contributed by atoms with van der Waals surface area (Å²) < 4.78 is 1.85. The molecule has 0 spiro atoms. The molecule has 1 fully saturated rings. The molecule has 0 bridgehead atoms. The highest BCUT2D eigenvalue weighted by molar-refractivity contribution is 9.12. The monoisotopic (exact) mass is 394 g/mol. The number of hydrogen-bond donors (Lipinski definition) is 1. The minimum absolute atomic E-state index is 0.0202. The lowest BCUT2D eigenvalue weighted by molar-refractivity contribution is 0.0532. The van der Waals surface area contributed by atoms with Gasteiger partial charge in [-0.15, -0.1) is 11.3 Å². The minimum atomic E-state index is -0.0202. The Morgan fingerprint density at radius 3 is 2.72 bits per heavy atom. The molecule has 1 aliphatic rings. The number of likely N-dealkylation sites (tertiary alicyclic amines) is 1. The van der Waals surface area contributed by atoms with Gasteiger partial charge in [-0.1, -0.05) is 13.8 Å². The average molecular weight is 396 g/mol. The van der Waals surface area contributed by atoms with Crippen LogP contribution in [0.3, 0.4) is 0 Å². The lowest BCUT2D eigenvalue weighted by Crippen LogP contribution is -2.53. The first-order valence-corrected chi connectivity index (χ1v) is 8.21. The van der Waals surface area contributed by atoms with Gasteiger partial charge in [0.1, 0.15) is 0 Å². The van der Waals surface area contributed by atoms with Gasteiger partial charge in [-0.25, -0.2) is 0 Å². The smallest absolute Gasteiger partial charge is 0.255 e. The Morgan fingerprint density at radius 1 is 1.56 bits per heavy atom. The van der Waals surface area contributed by atoms with E-state index in [4.69, 9.17) is 5.73 Å². The van der Waals surface area contributed by atoms with Gasteiger partial charge in [-0.3, -0.25) is 4.79 Å². The van der Waals surface area contributed by atoms with Crippen LogP contribution < -0.4 is 5.73 Å². The number of amides is 1. The number of halogens is 2. The third kappa shape index (κ3) is 2.81. The lowest BCUT2D eigenvalue weighted by Gasteiger charge is -2.42. The van der Waals surface area contributed by atoms with Gasteiger partial charge in [0, 0.05) is 19.1 Å². The molecule has 100 valence electrons. The SMILES string of the molecule is CC1(C)CN(C(=O)c2cc(Br)sc2Br)CCC1N. The summed E-state index contributed by atoms with van der Waals surface area (Å²) in [5.74, 6) is 0.0869. The van der Waals surface area contributed by atoms with Crippen molar-refractivity contribution in [3.63, 3.8) is 0 Å². The number of thiophene rings is 1. The number of nitrogens with two attached hydrogens (primary N) is 1. The third-order valence-electron chi connectivity index (χ3n) is 3.49. The van der Waals surface area contributed by atoms with Crippen LogP contribution in [0.15, 0.2) is 13.6 Å². The van der Waals surface area contributed by atoms with Gasteiger partial charge in [0.15, 0.2) is 0 Å². The summed E-state index contributed by atoms with van der Waals surface area (Å²) in [6.07, 6.45) is 0.863. The molecule has 18 heavy (non-hydrogen) atoms. The molecular weight excluding hydrogens is 380 g/mol. The maximum Gasteiger partial charge on any atom is 0.255 e. The maximum absolute atomic E-state index is 12.5. The molecule has 6 heteroatoms. The van der Waals surface area contributed by atoms with Crippen molar-refractivity contribution in [3.8, 4) is 0 Å². The van der Waals surface area contributed by atoms with E-state index in [2.05, 4.69) is 45.7 Å². The van der Waals surface area contributed by atoms with E-state index in [0.717, 1.165) is 26.1 Å². The molecule has 3 nitrogen and oxygen atoms in total. The van der Waals surface area contributed by atoms with Crippen LogP contribution in [0, 0.1) is 5.41 Å². The quantitative estimate of drug-likeness (QED) is 0.791. The van der Waals surface area contributed by atoms with Crippen LogP contribution >= 0.6 is 43.2 Å². The highest BCUT2D eigenvalue weighted by Gasteiger charge is 2.36. The molecule has 2 heterocycles. The minimum Gasteiger partial charge on any atom is -0.338 e. The zero-order chi connectivity index (χ0) is 13.5. The van der Waals surface area contributed by atoms with Crippen LogP contribution in [0.5, 0.6) is 0 Å². The van der Waals surface area contributed by atoms with Crippen LogP contribution in [-0.4, -0.2) is 29.9 Å². The second kappa shape index (κ2) is 5.23. The second-order valence-electron chi connectivity index (χ2n) is 5.35. The van der Waals surface area contributed by atoms with Gasteiger partial charge >= 0.3 is 0 Å². The summed E-state index contributed by atoms with van der Waals surface area (Å²) in [5.41, 5.74) is 6.81. The predicted molar refractivity (Wildman–Crippen MR) is 82.0 cm³/mol. The molecule has 1 saturated heterocycles. The van der Waals surface area contributed by atoms with E-state index in [-0.39, 0.29) is 17.4 Å². The zero-order valence-corrected chi connectivity index (χ0v) is 14.4. The largest absolute Gasteiger partial charge is 0.338 e. The van der Waals surface area contributed by atoms with Crippen LogP contribution in [0.2, 0.25) is 0 Å². The van der Waals surface area contributed by atoms with Crippen molar-refractivity contribution in [3.05, 3.63) is 19.2 Å². The van der Waals surface area contributed by atoms with Gasteiger partial charge in [0.2, 0.25) is 0 Å². The van der Waals surface area contributed by atoms with Crippen molar-refractivity contribution in [2.24, 2.45) is 11.1 Å². The number of hydrogen-bond acceptors (Lipinski definition) is 3. The molecule has 1 unspecified atom stereocenters. The Balaban J connectivity index is 2.18. The van der Waals surface area contributed by atoms with E-state index in [1.807, 2.05) is 11.0 Å². The fourth-order valence-electron chi connectivity index (χ4n) is 2.20. The molecule has 0 saturated carbocycles. The van der Waals surface area contributed by atoms with Crippen LogP contribution in [0.4, 0.5) is 0 Å². The molecule has 2 N–H and O–H groups in total. The number of carbonyl (C=O) groups excluding carboxylic acids is 1. The van der Waals surface area contributed by atoms with Crippen LogP contribution in [0.1, 0.15) is 30.6 Å². The summed E-state index contributed by atoms with van der Waals surface area (Å²) in [6.45, 7) is 5.70. The van der Waals surface area contributed by atoms with Crippen molar-refractivity contribution < 1.29 is 4.79 Å². The van der Waals surface area contributed by atoms with E-state index in [9.17, 15) is 4.79 Å². The van der Waals surface area contributed by atoms with Gasteiger partial charge in [-0.2, -0.15) is 0 Å². The first-order valence-electron chi connectivity index (χ1n) is 5.81. The van der Waals surface area contributed by atoms with Crippen molar-refractivity contribution in [2.75, 3.05) is 13.1 Å². The molecule has 1 aliphatic heterocycles. The molecular formula is C12H16Br2N2OS. The van der Waals surface area contributed by atoms with E-state index >= 15 is 0 Å². The normalized spacial score (nSPS) is 23.2. The molecule has 0 radical (unpaired) electrons. The molecule has 2 rings (SSSR count). The Bertz CT molecular complexity index is 473. The Labute approximate surface area is 128 Å². The fourth-order valence-corrected chi connectivity index (χ4v) is 4.98. The van der Waals surface area contributed by atoms with Gasteiger partial charge in [0.25, 0.3) is 5.91 Å². The third-order valence-corrected chi connectivity index (χ3v) is 5.83. The van der Waals surface area contributed by atoms with E-state index in [1.165, 1.54) is 11.3 Å². The standard InChI is InChI=1S/C12H16Br2N2OS/c1-12(2)6-16(4-3-8(12)15)11(17)7-5-9(13)18-10(7)14/h5,8H,3-4,6,15H2,1-2H3. The second-order valence-corrected chi connectivity index (χ2v) is 9.10. The predicted octanol–water partition coefficient (Wildman–Crippen LogP) is 3.47. The van der Waals surface area contributed by atoms with Gasteiger partial charge in [0.05, 0.1) is 13.1 Å². The summed E-state index contributed by atoms with van der Waals surface area (Å²) >= 11 is 8.37. The van der Waals surface area contributed by atoms with Gasteiger partial charge < -0.3 is 10.6 Å². The number of nitrogens with zero attached hydrogens (tertiary/aromatic N) is 1. The average Bonchev–Trinajstić information content (AvgIpc) is 2.60. The molecule has 1 atom stereocenters. The highest BCUT2D eigenvalue weighted by Crippen LogP contribution is 2.34. The fraction of sp³-hybridized carbons (Fsp3) is 0.583. The molecule has 1 aromatic rings. The summed E-state index contributed by atoms with van der Waals surface area (Å²) in [7, 11) is 0. The van der Waals surface area contributed by atoms with E-state index < -0.39 is 0 Å². The first-order chi connectivity index (χ1) is 8.31. The zero-order valence-electron chi connectivity index (χ0n) is 10.4. The number of piperidine rings is 1. The maximum atomic E-state index is 12.5. The van der Waals surface area contributed by atoms with E-state index in [0.29, 0.717) is 6.54 Å². The molecule has 0 aliphatic carbocycles. The Kier molecular flexibility index (Phi) is 4.21. The van der Waals surface area contributed by atoms with Crippen LogP contribution in [-0.2, 0) is 0 Å². The Hall–Kier alpha value is 0.0900. The first kappa shape index (κ1) is 14.5. The molecule has 1 aromatic heterocycles. The topological polar surface area (TPSA) is 46.3 Å². The summed E-state index contributed by atoms with van der Waals surface area (Å²) in [4.78, 5) is 14.4. The summed E-state index contributed by atoms with van der Waals surface area (Å²) in [5, 5.41) is 0. The van der Waals surface area contributed by atoms with Crippen molar-refractivity contribution in [2.45, 2.75) is 26.3 Å². The van der Waals surface area contributed by atoms with Crippen LogP contribution in [0.25, 0.3) is 0 Å². The van der Waals surface area contributed by atoms with Crippen molar-refractivity contribution >= 4 is 49.1 Å². The molecule has 1 amide bonds. The van der Waals surface area contributed by atoms with Crippen molar-refractivity contribution in [1.82, 2.24) is 4.90 Å². The Morgan fingerprint density at radius 2 is 2.22 bits per heavy atom. The number of rotatable bonds is 1. The molecule has 0 aromatic carbocycles. The highest BCUT2D eigenvalue weighted by atomic mass is 79.9. The van der Waals surface area contributed by atoms with Gasteiger partial charge in [-0.05, 0) is 49.8 Å². The van der Waals surface area contributed by atoms with E-state index in [1.54, 1.807) is 0 Å². The number of carbonyl (C=O) groups is 1. The summed E-state index contributed by atoms with van der Waals surface area (Å²) in [6, 6.07) is 2.04. The van der Waals surface area contributed by atoms with Crippen molar-refractivity contribution in [1.29, 1.82) is 0 Å².